The standard InChI is InChI=1S/C19H24N2O4/c22-18(13-20-19(23)17-14-24-10-11-25-17)21-8-6-16(7-9-21)12-15-4-2-1-3-5-15/h1-5,14,16H,6-13H2,(H,20,23). The van der Waals surface area contributed by atoms with E-state index in [2.05, 4.69) is 29.6 Å². The van der Waals surface area contributed by atoms with Crippen LogP contribution in [0.25, 0.3) is 0 Å². The van der Waals surface area contributed by atoms with E-state index in [1.54, 1.807) is 0 Å². The molecule has 1 aromatic carbocycles. The molecule has 0 saturated carbocycles. The number of nitrogens with zero attached hydrogens (tertiary/aromatic N) is 1. The first-order valence-corrected chi connectivity index (χ1v) is 8.77. The van der Waals surface area contributed by atoms with Crippen LogP contribution >= 0.6 is 0 Å². The minimum absolute atomic E-state index is 0.0110. The van der Waals surface area contributed by atoms with Gasteiger partial charge in [0.1, 0.15) is 19.5 Å². The highest BCUT2D eigenvalue weighted by Gasteiger charge is 2.24. The van der Waals surface area contributed by atoms with Crippen LogP contribution in [0.4, 0.5) is 0 Å². The van der Waals surface area contributed by atoms with Crippen molar-refractivity contribution in [2.75, 3.05) is 32.8 Å². The molecule has 134 valence electrons. The van der Waals surface area contributed by atoms with E-state index < -0.39 is 5.91 Å². The molecule has 1 aromatic rings. The number of piperidine rings is 1. The zero-order chi connectivity index (χ0) is 17.5. The number of rotatable bonds is 5. The first-order valence-electron chi connectivity index (χ1n) is 8.77. The monoisotopic (exact) mass is 344 g/mol. The smallest absolute Gasteiger partial charge is 0.290 e. The molecule has 0 unspecified atom stereocenters. The Morgan fingerprint density at radius 2 is 1.88 bits per heavy atom. The SMILES string of the molecule is O=C(NCC(=O)N1CCC(Cc2ccccc2)CC1)C1=COCCO1. The second-order valence-corrected chi connectivity index (χ2v) is 6.40. The number of hydrogen-bond acceptors (Lipinski definition) is 4. The molecule has 6 heteroatoms. The zero-order valence-electron chi connectivity index (χ0n) is 14.3. The summed E-state index contributed by atoms with van der Waals surface area (Å²) in [5.74, 6) is 0.274. The Hall–Kier alpha value is -2.50. The van der Waals surface area contributed by atoms with Crippen LogP contribution in [0.15, 0.2) is 42.4 Å². The number of carbonyl (C=O) groups is 2. The minimum atomic E-state index is -0.410. The van der Waals surface area contributed by atoms with Gasteiger partial charge in [-0.05, 0) is 30.7 Å². The maximum Gasteiger partial charge on any atom is 0.290 e. The molecule has 0 bridgehead atoms. The van der Waals surface area contributed by atoms with Crippen LogP contribution < -0.4 is 5.32 Å². The molecular formula is C19H24N2O4. The molecule has 0 aliphatic carbocycles. The van der Waals surface area contributed by atoms with Crippen LogP contribution in [-0.2, 0) is 25.5 Å². The highest BCUT2D eigenvalue weighted by Crippen LogP contribution is 2.21. The van der Waals surface area contributed by atoms with Crippen LogP contribution in [0.2, 0.25) is 0 Å². The fraction of sp³-hybridized carbons (Fsp3) is 0.474. The molecule has 2 aliphatic rings. The summed E-state index contributed by atoms with van der Waals surface area (Å²) in [6.07, 6.45) is 4.34. The maximum atomic E-state index is 12.3. The van der Waals surface area contributed by atoms with Gasteiger partial charge in [-0.15, -0.1) is 0 Å². The summed E-state index contributed by atoms with van der Waals surface area (Å²) in [5, 5.41) is 2.60. The van der Waals surface area contributed by atoms with Gasteiger partial charge in [-0.2, -0.15) is 0 Å². The molecular weight excluding hydrogens is 320 g/mol. The first kappa shape index (κ1) is 17.3. The molecule has 0 aromatic heterocycles. The van der Waals surface area contributed by atoms with Crippen molar-refractivity contribution >= 4 is 11.8 Å². The summed E-state index contributed by atoms with van der Waals surface area (Å²) in [7, 11) is 0. The largest absolute Gasteiger partial charge is 0.494 e. The summed E-state index contributed by atoms with van der Waals surface area (Å²) in [6.45, 7) is 2.27. The average Bonchev–Trinajstić information content (AvgIpc) is 2.68. The van der Waals surface area contributed by atoms with Gasteiger partial charge < -0.3 is 19.7 Å². The lowest BCUT2D eigenvalue weighted by Gasteiger charge is -2.32. The van der Waals surface area contributed by atoms with Gasteiger partial charge in [0.25, 0.3) is 5.91 Å². The number of hydrogen-bond donors (Lipinski definition) is 1. The molecule has 25 heavy (non-hydrogen) atoms. The van der Waals surface area contributed by atoms with Crippen molar-refractivity contribution in [2.24, 2.45) is 5.92 Å². The second kappa shape index (κ2) is 8.55. The van der Waals surface area contributed by atoms with Gasteiger partial charge in [-0.25, -0.2) is 0 Å². The molecule has 2 amide bonds. The third kappa shape index (κ3) is 4.98. The number of likely N-dealkylation sites (tertiary alicyclic amines) is 1. The fourth-order valence-electron chi connectivity index (χ4n) is 3.18. The van der Waals surface area contributed by atoms with E-state index in [1.165, 1.54) is 11.8 Å². The van der Waals surface area contributed by atoms with E-state index in [0.717, 1.165) is 32.4 Å². The molecule has 2 aliphatic heterocycles. The van der Waals surface area contributed by atoms with Gasteiger partial charge in [-0.1, -0.05) is 30.3 Å². The van der Waals surface area contributed by atoms with Gasteiger partial charge in [0.15, 0.2) is 0 Å². The zero-order valence-corrected chi connectivity index (χ0v) is 14.3. The number of carbonyl (C=O) groups excluding carboxylic acids is 2. The van der Waals surface area contributed by atoms with Crippen LogP contribution in [0.3, 0.4) is 0 Å². The Kier molecular flexibility index (Phi) is 5.93. The molecule has 6 nitrogen and oxygen atoms in total. The Labute approximate surface area is 147 Å². The molecule has 1 fully saturated rings. The highest BCUT2D eigenvalue weighted by molar-refractivity contribution is 5.94. The molecule has 0 spiro atoms. The quantitative estimate of drug-likeness (QED) is 0.878. The van der Waals surface area contributed by atoms with E-state index in [0.29, 0.717) is 19.1 Å². The minimum Gasteiger partial charge on any atom is -0.494 e. The van der Waals surface area contributed by atoms with Crippen molar-refractivity contribution in [3.8, 4) is 0 Å². The van der Waals surface area contributed by atoms with Crippen molar-refractivity contribution < 1.29 is 19.1 Å². The molecule has 0 atom stereocenters. The van der Waals surface area contributed by atoms with Gasteiger partial charge in [0.2, 0.25) is 11.7 Å². The van der Waals surface area contributed by atoms with Crippen molar-refractivity contribution in [3.05, 3.63) is 47.9 Å². The molecule has 3 rings (SSSR count). The topological polar surface area (TPSA) is 67.9 Å². The summed E-state index contributed by atoms with van der Waals surface area (Å²) >= 11 is 0. The predicted molar refractivity (Wildman–Crippen MR) is 92.4 cm³/mol. The maximum absolute atomic E-state index is 12.3. The van der Waals surface area contributed by atoms with Crippen molar-refractivity contribution in [1.29, 1.82) is 0 Å². The van der Waals surface area contributed by atoms with Crippen molar-refractivity contribution in [3.63, 3.8) is 0 Å². The second-order valence-electron chi connectivity index (χ2n) is 6.40. The summed E-state index contributed by atoms with van der Waals surface area (Å²) in [4.78, 5) is 26.0. The highest BCUT2D eigenvalue weighted by atomic mass is 16.6. The van der Waals surface area contributed by atoms with E-state index in [1.807, 2.05) is 11.0 Å². The molecule has 1 N–H and O–H groups in total. The third-order valence-electron chi connectivity index (χ3n) is 4.61. The fourth-order valence-corrected chi connectivity index (χ4v) is 3.18. The van der Waals surface area contributed by atoms with E-state index in [-0.39, 0.29) is 18.2 Å². The van der Waals surface area contributed by atoms with Gasteiger partial charge in [0.05, 0.1) is 6.54 Å². The van der Waals surface area contributed by atoms with Crippen molar-refractivity contribution in [1.82, 2.24) is 10.2 Å². The Morgan fingerprint density at radius 1 is 1.12 bits per heavy atom. The normalized spacial score (nSPS) is 17.9. The Morgan fingerprint density at radius 3 is 2.56 bits per heavy atom. The molecule has 1 saturated heterocycles. The van der Waals surface area contributed by atoms with E-state index in [4.69, 9.17) is 9.47 Å². The number of amides is 2. The third-order valence-corrected chi connectivity index (χ3v) is 4.61. The predicted octanol–water partition coefficient (Wildman–Crippen LogP) is 1.47. The van der Waals surface area contributed by atoms with Gasteiger partial charge >= 0.3 is 0 Å². The number of benzene rings is 1. The lowest BCUT2D eigenvalue weighted by atomic mass is 9.90. The van der Waals surface area contributed by atoms with Crippen LogP contribution in [0.5, 0.6) is 0 Å². The number of nitrogens with one attached hydrogen (secondary N) is 1. The molecule has 0 radical (unpaired) electrons. The first-order chi connectivity index (χ1) is 12.2. The average molecular weight is 344 g/mol. The van der Waals surface area contributed by atoms with Crippen LogP contribution in [0, 0.1) is 5.92 Å². The summed E-state index contributed by atoms with van der Waals surface area (Å²) in [6, 6.07) is 10.5. The van der Waals surface area contributed by atoms with Crippen molar-refractivity contribution in [2.45, 2.75) is 19.3 Å². The lowest BCUT2D eigenvalue weighted by Crippen LogP contribution is -2.44. The lowest BCUT2D eigenvalue weighted by molar-refractivity contribution is -0.134. The number of ether oxygens (including phenoxy) is 2. The summed E-state index contributed by atoms with van der Waals surface area (Å²) < 4.78 is 10.2. The van der Waals surface area contributed by atoms with Gasteiger partial charge in [0, 0.05) is 13.1 Å². The van der Waals surface area contributed by atoms with Crippen LogP contribution in [0.1, 0.15) is 18.4 Å². The Bertz CT molecular complexity index is 622. The Balaban J connectivity index is 1.39. The van der Waals surface area contributed by atoms with Crippen LogP contribution in [-0.4, -0.2) is 49.6 Å². The van der Waals surface area contributed by atoms with E-state index in [9.17, 15) is 9.59 Å². The van der Waals surface area contributed by atoms with Gasteiger partial charge in [-0.3, -0.25) is 9.59 Å². The van der Waals surface area contributed by atoms with E-state index >= 15 is 0 Å². The molecule has 2 heterocycles. The summed E-state index contributed by atoms with van der Waals surface area (Å²) in [5.41, 5.74) is 1.35.